The van der Waals surface area contributed by atoms with Gasteiger partial charge >= 0.3 is 0 Å². The highest BCUT2D eigenvalue weighted by Crippen LogP contribution is 2.21. The lowest BCUT2D eigenvalue weighted by Gasteiger charge is -2.11. The van der Waals surface area contributed by atoms with Crippen LogP contribution >= 0.6 is 0 Å². The third-order valence-electron chi connectivity index (χ3n) is 3.41. The Hall–Kier alpha value is -3.00. The summed E-state index contributed by atoms with van der Waals surface area (Å²) in [5.74, 6) is 1.71. The molecule has 1 N–H and O–H groups in total. The first-order chi connectivity index (χ1) is 11.9. The Morgan fingerprint density at radius 2 is 2.08 bits per heavy atom. The molecule has 8 heteroatoms. The van der Waals surface area contributed by atoms with E-state index >= 15 is 0 Å². The van der Waals surface area contributed by atoms with Crippen molar-refractivity contribution in [2.45, 2.75) is 13.8 Å². The molecule has 1 amide bonds. The predicted octanol–water partition coefficient (Wildman–Crippen LogP) is 2.04. The molecule has 0 saturated carbocycles. The molecule has 0 saturated heterocycles. The van der Waals surface area contributed by atoms with Crippen LogP contribution in [0.4, 0.5) is 5.82 Å². The summed E-state index contributed by atoms with van der Waals surface area (Å²) in [5.41, 5.74) is 1.82. The normalized spacial score (nSPS) is 11.1. The molecule has 0 bridgehead atoms. The number of furan rings is 1. The highest BCUT2D eigenvalue weighted by Gasteiger charge is 2.14. The van der Waals surface area contributed by atoms with Crippen LogP contribution in [-0.2, 0) is 4.79 Å². The maximum Gasteiger partial charge on any atom is 0.239 e. The van der Waals surface area contributed by atoms with Gasteiger partial charge in [0.05, 0.1) is 18.5 Å². The average Bonchev–Trinajstić information content (AvgIpc) is 3.15. The van der Waals surface area contributed by atoms with E-state index in [0.29, 0.717) is 23.2 Å². The van der Waals surface area contributed by atoms with E-state index in [0.717, 1.165) is 11.4 Å². The first-order valence-electron chi connectivity index (χ1n) is 7.83. The summed E-state index contributed by atoms with van der Waals surface area (Å²) >= 11 is 0. The molecule has 0 aliphatic rings. The lowest BCUT2D eigenvalue weighted by Crippen LogP contribution is -2.27. The molecule has 130 valence electrons. The van der Waals surface area contributed by atoms with Gasteiger partial charge in [-0.25, -0.2) is 14.6 Å². The molecular weight excluding hydrogens is 320 g/mol. The smallest absolute Gasteiger partial charge is 0.239 e. The van der Waals surface area contributed by atoms with E-state index in [1.807, 2.05) is 34.0 Å². The zero-order valence-corrected chi connectivity index (χ0v) is 14.6. The molecule has 0 fully saturated rings. The van der Waals surface area contributed by atoms with Gasteiger partial charge in [0.2, 0.25) is 5.91 Å². The standard InChI is InChI=1S/C17H20N6O2/c1-11-8-12(2)23(21-11)15-9-14(18-16(24)10-22(3)4)19-17(20-15)13-6-5-7-25-13/h5-9H,10H2,1-4H3,(H,18,19,20,24). The zero-order chi connectivity index (χ0) is 18.0. The number of amides is 1. The van der Waals surface area contributed by atoms with E-state index in [1.165, 1.54) is 0 Å². The lowest BCUT2D eigenvalue weighted by molar-refractivity contribution is -0.116. The van der Waals surface area contributed by atoms with E-state index < -0.39 is 0 Å². The number of hydrogen-bond donors (Lipinski definition) is 1. The van der Waals surface area contributed by atoms with Crippen LogP contribution in [0.25, 0.3) is 17.4 Å². The van der Waals surface area contributed by atoms with Crippen LogP contribution in [0.1, 0.15) is 11.4 Å². The zero-order valence-electron chi connectivity index (χ0n) is 14.6. The van der Waals surface area contributed by atoms with Crippen molar-refractivity contribution >= 4 is 11.7 Å². The Balaban J connectivity index is 2.03. The molecule has 3 rings (SSSR count). The third-order valence-corrected chi connectivity index (χ3v) is 3.41. The number of carbonyl (C=O) groups excluding carboxylic acids is 1. The largest absolute Gasteiger partial charge is 0.461 e. The average molecular weight is 340 g/mol. The van der Waals surface area contributed by atoms with Crippen LogP contribution in [0.3, 0.4) is 0 Å². The van der Waals surface area contributed by atoms with Crippen molar-refractivity contribution in [1.29, 1.82) is 0 Å². The van der Waals surface area contributed by atoms with Crippen LogP contribution in [0, 0.1) is 13.8 Å². The SMILES string of the molecule is Cc1cc(C)n(-c2cc(NC(=O)CN(C)C)nc(-c3ccco3)n2)n1. The second-order valence-corrected chi connectivity index (χ2v) is 6.04. The number of aryl methyl sites for hydroxylation is 2. The minimum atomic E-state index is -0.159. The van der Waals surface area contributed by atoms with Gasteiger partial charge in [-0.15, -0.1) is 0 Å². The quantitative estimate of drug-likeness (QED) is 0.764. The van der Waals surface area contributed by atoms with Crippen molar-refractivity contribution in [2.24, 2.45) is 0 Å². The Kier molecular flexibility index (Phi) is 4.62. The van der Waals surface area contributed by atoms with E-state index in [9.17, 15) is 4.79 Å². The van der Waals surface area contributed by atoms with Crippen molar-refractivity contribution in [2.75, 3.05) is 26.0 Å². The van der Waals surface area contributed by atoms with E-state index in [4.69, 9.17) is 4.42 Å². The summed E-state index contributed by atoms with van der Waals surface area (Å²) in [7, 11) is 3.66. The van der Waals surface area contributed by atoms with Gasteiger partial charge in [-0.05, 0) is 46.1 Å². The minimum Gasteiger partial charge on any atom is -0.461 e. The summed E-state index contributed by atoms with van der Waals surface area (Å²) in [4.78, 5) is 22.8. The van der Waals surface area contributed by atoms with Crippen LogP contribution in [0.5, 0.6) is 0 Å². The maximum absolute atomic E-state index is 12.1. The van der Waals surface area contributed by atoms with Gasteiger partial charge in [0, 0.05) is 11.8 Å². The number of rotatable bonds is 5. The molecule has 0 aliphatic heterocycles. The topological polar surface area (TPSA) is 89.1 Å². The number of likely N-dealkylation sites (N-methyl/N-ethyl adjacent to an activating group) is 1. The second-order valence-electron chi connectivity index (χ2n) is 6.04. The highest BCUT2D eigenvalue weighted by atomic mass is 16.3. The number of nitrogens with zero attached hydrogens (tertiary/aromatic N) is 5. The molecule has 0 unspecified atom stereocenters. The van der Waals surface area contributed by atoms with Crippen molar-refractivity contribution < 1.29 is 9.21 Å². The van der Waals surface area contributed by atoms with Gasteiger partial charge in [0.25, 0.3) is 0 Å². The van der Waals surface area contributed by atoms with Gasteiger partial charge in [-0.2, -0.15) is 5.10 Å². The Morgan fingerprint density at radius 3 is 2.68 bits per heavy atom. The highest BCUT2D eigenvalue weighted by molar-refractivity contribution is 5.91. The van der Waals surface area contributed by atoms with Crippen molar-refractivity contribution in [1.82, 2.24) is 24.6 Å². The summed E-state index contributed by atoms with van der Waals surface area (Å²) < 4.78 is 7.11. The number of nitrogens with one attached hydrogen (secondary N) is 1. The van der Waals surface area contributed by atoms with E-state index in [-0.39, 0.29) is 12.5 Å². The molecular formula is C17H20N6O2. The van der Waals surface area contributed by atoms with Crippen LogP contribution in [-0.4, -0.2) is 51.2 Å². The van der Waals surface area contributed by atoms with Crippen LogP contribution in [0.15, 0.2) is 34.9 Å². The number of anilines is 1. The maximum atomic E-state index is 12.1. The van der Waals surface area contributed by atoms with Gasteiger partial charge in [0.15, 0.2) is 17.4 Å². The molecule has 3 heterocycles. The molecule has 0 aromatic carbocycles. The fourth-order valence-electron chi connectivity index (χ4n) is 2.45. The molecule has 0 radical (unpaired) electrons. The predicted molar refractivity (Wildman–Crippen MR) is 93.5 cm³/mol. The second kappa shape index (κ2) is 6.86. The lowest BCUT2D eigenvalue weighted by atomic mass is 10.3. The van der Waals surface area contributed by atoms with Crippen LogP contribution in [0.2, 0.25) is 0 Å². The first kappa shape index (κ1) is 16.8. The minimum absolute atomic E-state index is 0.159. The van der Waals surface area contributed by atoms with Crippen molar-refractivity contribution in [3.63, 3.8) is 0 Å². The van der Waals surface area contributed by atoms with Gasteiger partial charge in [-0.1, -0.05) is 0 Å². The molecule has 25 heavy (non-hydrogen) atoms. The fourth-order valence-corrected chi connectivity index (χ4v) is 2.45. The summed E-state index contributed by atoms with van der Waals surface area (Å²) in [6, 6.07) is 7.18. The number of carbonyl (C=O) groups is 1. The monoisotopic (exact) mass is 340 g/mol. The van der Waals surface area contributed by atoms with Gasteiger partial charge < -0.3 is 14.6 Å². The first-order valence-corrected chi connectivity index (χ1v) is 7.83. The molecule has 0 aliphatic carbocycles. The number of hydrogen-bond acceptors (Lipinski definition) is 6. The van der Waals surface area contributed by atoms with Gasteiger partial charge in [0.1, 0.15) is 5.82 Å². The van der Waals surface area contributed by atoms with Crippen LogP contribution < -0.4 is 5.32 Å². The molecule has 3 aromatic heterocycles. The Morgan fingerprint density at radius 1 is 1.28 bits per heavy atom. The summed E-state index contributed by atoms with van der Waals surface area (Å²) in [6.07, 6.45) is 1.55. The fraction of sp³-hybridized carbons (Fsp3) is 0.294. The number of aromatic nitrogens is 4. The molecule has 8 nitrogen and oxygen atoms in total. The van der Waals surface area contributed by atoms with Crippen molar-refractivity contribution in [3.05, 3.63) is 41.9 Å². The Bertz CT molecular complexity index is 883. The summed E-state index contributed by atoms with van der Waals surface area (Å²) in [6.45, 7) is 4.12. The molecule has 3 aromatic rings. The van der Waals surface area contributed by atoms with E-state index in [2.05, 4.69) is 20.4 Å². The van der Waals surface area contributed by atoms with Gasteiger partial charge in [-0.3, -0.25) is 4.79 Å². The molecule has 0 spiro atoms. The van der Waals surface area contributed by atoms with Crippen molar-refractivity contribution in [3.8, 4) is 17.4 Å². The third kappa shape index (κ3) is 3.92. The van der Waals surface area contributed by atoms with E-state index in [1.54, 1.807) is 34.0 Å². The Labute approximate surface area is 145 Å². The molecule has 0 atom stereocenters. The summed E-state index contributed by atoms with van der Waals surface area (Å²) in [5, 5.41) is 7.24.